The molecule has 0 radical (unpaired) electrons. The molecule has 1 N–H and O–H groups in total. The smallest absolute Gasteiger partial charge is 0.410 e. The van der Waals surface area contributed by atoms with Crippen molar-refractivity contribution < 1.29 is 19.4 Å². The average molecular weight is 282 g/mol. The summed E-state index contributed by atoms with van der Waals surface area (Å²) in [7, 11) is 0. The molecule has 0 saturated carbocycles. The maximum absolute atomic E-state index is 11.8. The Bertz CT molecular complexity index is 468. The Morgan fingerprint density at radius 3 is 2.45 bits per heavy atom. The van der Waals surface area contributed by atoms with Gasteiger partial charge in [0.25, 0.3) is 0 Å². The fourth-order valence-electron chi connectivity index (χ4n) is 2.00. The number of carbonyl (C=O) groups excluding carboxylic acids is 1. The van der Waals surface area contributed by atoms with Gasteiger partial charge in [-0.25, -0.2) is 4.79 Å². The van der Waals surface area contributed by atoms with Crippen LogP contribution in [0.2, 0.25) is 0 Å². The first-order valence-corrected chi connectivity index (χ1v) is 6.04. The molecule has 110 valence electrons. The van der Waals surface area contributed by atoms with Crippen molar-refractivity contribution in [2.45, 2.75) is 32.4 Å². The first-order chi connectivity index (χ1) is 9.15. The van der Waals surface area contributed by atoms with Crippen LogP contribution in [0.25, 0.3) is 10.4 Å². The van der Waals surface area contributed by atoms with Gasteiger partial charge in [-0.1, -0.05) is 11.2 Å². The third-order valence-corrected chi connectivity index (χ3v) is 2.97. The lowest BCUT2D eigenvalue weighted by Gasteiger charge is -2.49. The van der Waals surface area contributed by atoms with Crippen molar-refractivity contribution in [2.75, 3.05) is 13.1 Å². The van der Waals surface area contributed by atoms with Crippen LogP contribution in [0.1, 0.15) is 20.8 Å². The molecular formula is C12H18N4O4. The van der Waals surface area contributed by atoms with E-state index in [0.29, 0.717) is 0 Å². The van der Waals surface area contributed by atoms with Gasteiger partial charge in [0.15, 0.2) is 0 Å². The molecule has 1 fully saturated rings. The van der Waals surface area contributed by atoms with E-state index in [1.807, 2.05) is 0 Å². The van der Waals surface area contributed by atoms with Crippen LogP contribution in [0.5, 0.6) is 0 Å². The molecule has 8 nitrogen and oxygen atoms in total. The number of hydrogen-bond donors (Lipinski definition) is 1. The van der Waals surface area contributed by atoms with Gasteiger partial charge in [-0.05, 0) is 26.3 Å². The summed E-state index contributed by atoms with van der Waals surface area (Å²) in [6, 6.07) is -1.29. The zero-order valence-corrected chi connectivity index (χ0v) is 11.7. The first-order valence-electron chi connectivity index (χ1n) is 6.04. The molecule has 20 heavy (non-hydrogen) atoms. The van der Waals surface area contributed by atoms with E-state index < -0.39 is 29.1 Å². The lowest BCUT2D eigenvalue weighted by molar-refractivity contribution is -0.144. The van der Waals surface area contributed by atoms with E-state index in [0.717, 1.165) is 0 Å². The second kappa shape index (κ2) is 5.42. The Labute approximate surface area is 116 Å². The fourth-order valence-corrected chi connectivity index (χ4v) is 2.00. The molecule has 1 aliphatic heterocycles. The highest BCUT2D eigenvalue weighted by Gasteiger charge is 2.52. The molecule has 1 heterocycles. The van der Waals surface area contributed by atoms with Gasteiger partial charge >= 0.3 is 12.1 Å². The number of hydrogen-bond acceptors (Lipinski definition) is 4. The van der Waals surface area contributed by atoms with E-state index in [1.54, 1.807) is 20.8 Å². The van der Waals surface area contributed by atoms with Crippen LogP contribution in [0.4, 0.5) is 4.79 Å². The van der Waals surface area contributed by atoms with Gasteiger partial charge in [0, 0.05) is 23.4 Å². The summed E-state index contributed by atoms with van der Waals surface area (Å²) in [5.74, 6) is -1.24. The molecule has 1 atom stereocenters. The highest BCUT2D eigenvalue weighted by Crippen LogP contribution is 2.38. The number of carbonyl (C=O) groups is 2. The molecule has 8 heteroatoms. The van der Waals surface area contributed by atoms with E-state index in [4.69, 9.17) is 15.4 Å². The first kappa shape index (κ1) is 15.8. The minimum absolute atomic E-state index is 0.0986. The summed E-state index contributed by atoms with van der Waals surface area (Å²) in [5.41, 5.74) is 6.87. The normalized spacial score (nSPS) is 18.2. The summed E-state index contributed by atoms with van der Waals surface area (Å²) in [6.07, 6.45) is 0.890. The largest absolute Gasteiger partial charge is 0.481 e. The number of rotatable bonds is 4. The third kappa shape index (κ3) is 3.21. The zero-order chi connectivity index (χ0) is 15.6. The van der Waals surface area contributed by atoms with Crippen molar-refractivity contribution in [3.8, 4) is 0 Å². The van der Waals surface area contributed by atoms with E-state index in [-0.39, 0.29) is 13.1 Å². The zero-order valence-electron chi connectivity index (χ0n) is 11.7. The predicted molar refractivity (Wildman–Crippen MR) is 71.0 cm³/mol. The maximum Gasteiger partial charge on any atom is 0.410 e. The number of nitrogens with zero attached hydrogens (tertiary/aromatic N) is 4. The molecule has 1 unspecified atom stereocenters. The van der Waals surface area contributed by atoms with Crippen LogP contribution in [-0.4, -0.2) is 46.8 Å². The monoisotopic (exact) mass is 282 g/mol. The SMILES string of the molecule is C=CC1(C(N=[N+]=[N-])C(=O)O)CN(C(=O)OC(C)(C)C)C1. The van der Waals surface area contributed by atoms with Gasteiger partial charge in [-0.3, -0.25) is 4.79 Å². The Balaban J connectivity index is 2.80. The average Bonchev–Trinajstić information content (AvgIpc) is 2.24. The summed E-state index contributed by atoms with van der Waals surface area (Å²) in [4.78, 5) is 26.9. The lowest BCUT2D eigenvalue weighted by atomic mass is 9.74. The summed E-state index contributed by atoms with van der Waals surface area (Å²) < 4.78 is 5.18. The highest BCUT2D eigenvalue weighted by molar-refractivity contribution is 5.77. The molecular weight excluding hydrogens is 264 g/mol. The summed E-state index contributed by atoms with van der Waals surface area (Å²) >= 11 is 0. The molecule has 1 aliphatic rings. The van der Waals surface area contributed by atoms with E-state index in [9.17, 15) is 9.59 Å². The molecule has 1 rings (SSSR count). The molecule has 0 aromatic rings. The van der Waals surface area contributed by atoms with Gasteiger partial charge < -0.3 is 14.7 Å². The molecule has 0 aliphatic carbocycles. The second-order valence-electron chi connectivity index (χ2n) is 5.72. The molecule has 0 aromatic carbocycles. The van der Waals surface area contributed by atoms with Crippen LogP contribution < -0.4 is 0 Å². The molecule has 1 saturated heterocycles. The maximum atomic E-state index is 11.8. The number of ether oxygens (including phenoxy) is 1. The Kier molecular flexibility index (Phi) is 4.29. The van der Waals surface area contributed by atoms with Crippen LogP contribution >= 0.6 is 0 Å². The van der Waals surface area contributed by atoms with Crippen LogP contribution in [0, 0.1) is 5.41 Å². The van der Waals surface area contributed by atoms with Crippen molar-refractivity contribution in [3.63, 3.8) is 0 Å². The van der Waals surface area contributed by atoms with Crippen molar-refractivity contribution in [3.05, 3.63) is 23.1 Å². The molecule has 0 bridgehead atoms. The van der Waals surface area contributed by atoms with Crippen molar-refractivity contribution >= 4 is 12.1 Å². The molecule has 0 spiro atoms. The topological polar surface area (TPSA) is 116 Å². The Morgan fingerprint density at radius 1 is 1.55 bits per heavy atom. The van der Waals surface area contributed by atoms with E-state index in [2.05, 4.69) is 16.6 Å². The standard InChI is InChI=1S/C12H18N4O4/c1-5-12(8(9(17)18)14-15-13)6-16(7-12)10(19)20-11(2,3)4/h5,8H,1,6-7H2,2-4H3,(H,17,18). The number of aliphatic carboxylic acids is 1. The highest BCUT2D eigenvalue weighted by atomic mass is 16.6. The van der Waals surface area contributed by atoms with Gasteiger partial charge in [-0.2, -0.15) is 0 Å². The minimum atomic E-state index is -1.29. The number of azide groups is 1. The van der Waals surface area contributed by atoms with Crippen molar-refractivity contribution in [2.24, 2.45) is 10.5 Å². The summed E-state index contributed by atoms with van der Waals surface area (Å²) in [6.45, 7) is 9.01. The lowest BCUT2D eigenvalue weighted by Crippen LogP contribution is -2.64. The van der Waals surface area contributed by atoms with Gasteiger partial charge in [0.2, 0.25) is 0 Å². The number of likely N-dealkylation sites (tertiary alicyclic amines) is 1. The number of amides is 1. The van der Waals surface area contributed by atoms with E-state index in [1.165, 1.54) is 11.0 Å². The van der Waals surface area contributed by atoms with E-state index >= 15 is 0 Å². The third-order valence-electron chi connectivity index (χ3n) is 2.97. The molecule has 1 amide bonds. The van der Waals surface area contributed by atoms with Crippen LogP contribution in [-0.2, 0) is 9.53 Å². The molecule has 0 aromatic heterocycles. The minimum Gasteiger partial charge on any atom is -0.481 e. The second-order valence-corrected chi connectivity index (χ2v) is 5.72. The van der Waals surface area contributed by atoms with Crippen LogP contribution in [0.3, 0.4) is 0 Å². The van der Waals surface area contributed by atoms with Gasteiger partial charge in [0.05, 0.1) is 0 Å². The Morgan fingerprint density at radius 2 is 2.10 bits per heavy atom. The number of carboxylic acids is 1. The van der Waals surface area contributed by atoms with Crippen LogP contribution in [0.15, 0.2) is 17.8 Å². The number of carboxylic acid groups (broad SMARTS) is 1. The Hall–Kier alpha value is -2.21. The predicted octanol–water partition coefficient (Wildman–Crippen LogP) is 2.17. The quantitative estimate of drug-likeness (QED) is 0.368. The van der Waals surface area contributed by atoms with Gasteiger partial charge in [-0.15, -0.1) is 6.58 Å². The van der Waals surface area contributed by atoms with Crippen molar-refractivity contribution in [1.82, 2.24) is 4.90 Å². The van der Waals surface area contributed by atoms with Gasteiger partial charge in [0.1, 0.15) is 11.6 Å². The van der Waals surface area contributed by atoms with Crippen molar-refractivity contribution in [1.29, 1.82) is 0 Å². The summed E-state index contributed by atoms with van der Waals surface area (Å²) in [5, 5.41) is 12.4. The fraction of sp³-hybridized carbons (Fsp3) is 0.667.